The molecule has 2 unspecified atom stereocenters. The highest BCUT2D eigenvalue weighted by Crippen LogP contribution is 2.16. The summed E-state index contributed by atoms with van der Waals surface area (Å²) in [4.78, 5) is 12.5. The number of aliphatic hydroxyl groups excluding tert-OH is 1. The summed E-state index contributed by atoms with van der Waals surface area (Å²) in [7, 11) is -4.34. The van der Waals surface area contributed by atoms with E-state index in [0.717, 1.165) is 38.5 Å². The minimum Gasteiger partial charge on any atom is -0.387 e. The summed E-state index contributed by atoms with van der Waals surface area (Å²) >= 11 is 0. The summed E-state index contributed by atoms with van der Waals surface area (Å²) in [5.74, 6) is -0.965. The highest BCUT2D eigenvalue weighted by molar-refractivity contribution is 7.85. The molecule has 0 saturated carbocycles. The van der Waals surface area contributed by atoms with Crippen LogP contribution in [-0.2, 0) is 14.9 Å². The van der Waals surface area contributed by atoms with Gasteiger partial charge in [0.05, 0.1) is 17.9 Å². The fourth-order valence-corrected chi connectivity index (χ4v) is 7.83. The van der Waals surface area contributed by atoms with Crippen LogP contribution in [0.4, 0.5) is 0 Å². The van der Waals surface area contributed by atoms with Gasteiger partial charge in [0, 0.05) is 6.42 Å². The standard InChI is InChI=1S/C44H87NO5S/c1-3-5-7-9-11-13-15-17-19-21-22-24-25-27-29-31-33-35-37-39-43(46)42(41-51(48,49)50)45-44(47)40-38-36-34-32-30-28-26-23-20-18-16-14-12-10-8-6-4-2/h37,39,42-43,46H,3-36,38,40-41H2,1-2H3,(H,45,47)(H,48,49,50)/b39-37+. The summed E-state index contributed by atoms with van der Waals surface area (Å²) in [5, 5.41) is 13.3. The van der Waals surface area contributed by atoms with Gasteiger partial charge in [-0.1, -0.05) is 231 Å². The molecule has 304 valence electrons. The van der Waals surface area contributed by atoms with Gasteiger partial charge in [-0.05, 0) is 19.3 Å². The molecule has 7 heteroatoms. The van der Waals surface area contributed by atoms with Gasteiger partial charge >= 0.3 is 0 Å². The third-order valence-corrected chi connectivity index (χ3v) is 11.2. The molecule has 0 aliphatic carbocycles. The number of allylic oxidation sites excluding steroid dienone is 1. The number of hydrogen-bond donors (Lipinski definition) is 3. The Morgan fingerprint density at radius 2 is 0.804 bits per heavy atom. The van der Waals surface area contributed by atoms with Crippen LogP contribution in [0.3, 0.4) is 0 Å². The van der Waals surface area contributed by atoms with Crippen LogP contribution < -0.4 is 5.32 Å². The number of amides is 1. The molecular weight excluding hydrogens is 655 g/mol. The maximum Gasteiger partial charge on any atom is 0.267 e. The molecule has 0 radical (unpaired) electrons. The Kier molecular flexibility index (Phi) is 38.1. The molecule has 0 bridgehead atoms. The van der Waals surface area contributed by atoms with E-state index in [1.165, 1.54) is 186 Å². The maximum absolute atomic E-state index is 12.5. The molecular formula is C44H87NO5S. The lowest BCUT2D eigenvalue weighted by molar-refractivity contribution is -0.122. The van der Waals surface area contributed by atoms with E-state index in [-0.39, 0.29) is 5.91 Å². The first-order valence-electron chi connectivity index (χ1n) is 22.4. The van der Waals surface area contributed by atoms with Crippen molar-refractivity contribution in [3.63, 3.8) is 0 Å². The highest BCUT2D eigenvalue weighted by atomic mass is 32.2. The summed E-state index contributed by atoms with van der Waals surface area (Å²) in [6.07, 6.45) is 47.7. The number of rotatable bonds is 41. The zero-order chi connectivity index (χ0) is 37.5. The molecule has 0 rings (SSSR count). The van der Waals surface area contributed by atoms with Crippen molar-refractivity contribution in [1.82, 2.24) is 5.32 Å². The van der Waals surface area contributed by atoms with Crippen LogP contribution in [0.2, 0.25) is 0 Å². The van der Waals surface area contributed by atoms with Crippen LogP contribution in [0, 0.1) is 0 Å². The molecule has 0 saturated heterocycles. The second-order valence-corrected chi connectivity index (χ2v) is 17.2. The number of carbonyl (C=O) groups is 1. The van der Waals surface area contributed by atoms with E-state index < -0.39 is 28.0 Å². The van der Waals surface area contributed by atoms with Crippen molar-refractivity contribution in [2.75, 3.05) is 5.75 Å². The molecule has 51 heavy (non-hydrogen) atoms. The number of aliphatic hydroxyl groups is 1. The number of unbranched alkanes of at least 4 members (excludes halogenated alkanes) is 33. The summed E-state index contributed by atoms with van der Waals surface area (Å²) in [6.45, 7) is 4.54. The lowest BCUT2D eigenvalue weighted by atomic mass is 10.0. The molecule has 2 atom stereocenters. The normalized spacial score (nSPS) is 13.3. The number of carbonyl (C=O) groups excluding carboxylic acids is 1. The van der Waals surface area contributed by atoms with Gasteiger partial charge in [-0.15, -0.1) is 0 Å². The topological polar surface area (TPSA) is 104 Å². The lowest BCUT2D eigenvalue weighted by Crippen LogP contribution is -2.46. The van der Waals surface area contributed by atoms with Gasteiger partial charge in [-0.25, -0.2) is 0 Å². The van der Waals surface area contributed by atoms with Crippen LogP contribution in [0.15, 0.2) is 12.2 Å². The molecule has 3 N–H and O–H groups in total. The van der Waals surface area contributed by atoms with Crippen LogP contribution >= 0.6 is 0 Å². The van der Waals surface area contributed by atoms with Gasteiger partial charge in [0.1, 0.15) is 0 Å². The van der Waals surface area contributed by atoms with Crippen LogP contribution in [-0.4, -0.2) is 41.9 Å². The SMILES string of the molecule is CCCCCCCCCCCCCCCCCCC/C=C/C(O)C(CS(=O)(=O)O)NC(=O)CCCCCCCCCCCCCCCCCCC. The van der Waals surface area contributed by atoms with Crippen LogP contribution in [0.25, 0.3) is 0 Å². The Labute approximate surface area is 318 Å². The number of nitrogens with one attached hydrogen (secondary N) is 1. The zero-order valence-electron chi connectivity index (χ0n) is 34.0. The van der Waals surface area contributed by atoms with Gasteiger partial charge in [0.15, 0.2) is 0 Å². The molecule has 0 aromatic heterocycles. The number of hydrogen-bond acceptors (Lipinski definition) is 4. The fraction of sp³-hybridized carbons (Fsp3) is 0.932. The molecule has 0 aliphatic heterocycles. The lowest BCUT2D eigenvalue weighted by Gasteiger charge is -2.21. The Bertz CT molecular complexity index is 862. The predicted molar refractivity (Wildman–Crippen MR) is 221 cm³/mol. The Morgan fingerprint density at radius 1 is 0.510 bits per heavy atom. The molecule has 0 aliphatic rings. The minimum absolute atomic E-state index is 0.273. The third kappa shape index (κ3) is 40.1. The van der Waals surface area contributed by atoms with E-state index in [9.17, 15) is 22.9 Å². The average molecular weight is 742 g/mol. The quantitative estimate of drug-likeness (QED) is 0.0329. The van der Waals surface area contributed by atoms with E-state index in [0.29, 0.717) is 6.42 Å². The zero-order valence-corrected chi connectivity index (χ0v) is 34.8. The molecule has 0 heterocycles. The van der Waals surface area contributed by atoms with Gasteiger partial charge in [-0.3, -0.25) is 9.35 Å². The van der Waals surface area contributed by atoms with Gasteiger partial charge in [-0.2, -0.15) is 8.42 Å². The van der Waals surface area contributed by atoms with Crippen molar-refractivity contribution in [1.29, 1.82) is 0 Å². The van der Waals surface area contributed by atoms with Gasteiger partial charge in [0.2, 0.25) is 5.91 Å². The second kappa shape index (κ2) is 38.8. The molecule has 1 amide bonds. The Balaban J connectivity index is 3.84. The van der Waals surface area contributed by atoms with Crippen LogP contribution in [0.5, 0.6) is 0 Å². The van der Waals surface area contributed by atoms with Crippen LogP contribution in [0.1, 0.15) is 245 Å². The smallest absolute Gasteiger partial charge is 0.267 e. The Morgan fingerprint density at radius 3 is 1.12 bits per heavy atom. The van der Waals surface area contributed by atoms with E-state index >= 15 is 0 Å². The van der Waals surface area contributed by atoms with E-state index in [4.69, 9.17) is 0 Å². The molecule has 0 aromatic rings. The monoisotopic (exact) mass is 742 g/mol. The summed E-state index contributed by atoms with van der Waals surface area (Å²) in [5.41, 5.74) is 0. The van der Waals surface area contributed by atoms with Gasteiger partial charge < -0.3 is 10.4 Å². The average Bonchev–Trinajstić information content (AvgIpc) is 3.09. The maximum atomic E-state index is 12.5. The largest absolute Gasteiger partial charge is 0.387 e. The van der Waals surface area contributed by atoms with Crippen molar-refractivity contribution in [3.05, 3.63) is 12.2 Å². The van der Waals surface area contributed by atoms with E-state index in [1.54, 1.807) is 6.08 Å². The first kappa shape index (κ1) is 50.1. The third-order valence-electron chi connectivity index (χ3n) is 10.5. The first-order chi connectivity index (χ1) is 24.8. The fourth-order valence-electron chi connectivity index (χ4n) is 7.10. The highest BCUT2D eigenvalue weighted by Gasteiger charge is 2.24. The predicted octanol–water partition coefficient (Wildman–Crippen LogP) is 13.4. The van der Waals surface area contributed by atoms with Crippen molar-refractivity contribution in [2.45, 2.75) is 257 Å². The molecule has 0 fully saturated rings. The van der Waals surface area contributed by atoms with Crippen molar-refractivity contribution < 1.29 is 22.9 Å². The molecule has 6 nitrogen and oxygen atoms in total. The summed E-state index contributed by atoms with van der Waals surface area (Å²) < 4.78 is 32.5. The minimum atomic E-state index is -4.34. The second-order valence-electron chi connectivity index (χ2n) is 15.7. The van der Waals surface area contributed by atoms with Crippen molar-refractivity contribution >= 4 is 16.0 Å². The van der Waals surface area contributed by atoms with E-state index in [2.05, 4.69) is 19.2 Å². The van der Waals surface area contributed by atoms with Gasteiger partial charge in [0.25, 0.3) is 10.1 Å². The summed E-state index contributed by atoms with van der Waals surface area (Å²) in [6, 6.07) is -1.05. The first-order valence-corrected chi connectivity index (χ1v) is 24.0. The van der Waals surface area contributed by atoms with E-state index in [1.807, 2.05) is 6.08 Å². The molecule has 0 spiro atoms. The Hall–Kier alpha value is -0.920. The van der Waals surface area contributed by atoms with Crippen molar-refractivity contribution in [3.8, 4) is 0 Å². The van der Waals surface area contributed by atoms with Crippen molar-refractivity contribution in [2.24, 2.45) is 0 Å². The molecule has 0 aromatic carbocycles.